The highest BCUT2D eigenvalue weighted by Crippen LogP contribution is 2.71. The molecule has 2 bridgehead atoms. The van der Waals surface area contributed by atoms with Gasteiger partial charge < -0.3 is 4.74 Å². The fourth-order valence-corrected chi connectivity index (χ4v) is 5.44. The standard InChI is InChI=1S/C13H19Cl2NO2/c1-11(2)8-3-4-12(11,10(17)13(8,14)15)7-9-16-5-6-18-9/h8-9,16H,3-7H2,1-2H3. The first-order valence-electron chi connectivity index (χ1n) is 6.60. The Morgan fingerprint density at radius 3 is 2.67 bits per heavy atom. The molecule has 5 heteroatoms. The summed E-state index contributed by atoms with van der Waals surface area (Å²) in [7, 11) is 0. The van der Waals surface area contributed by atoms with Gasteiger partial charge in [0.15, 0.2) is 10.1 Å². The molecule has 102 valence electrons. The molecule has 3 unspecified atom stereocenters. The quantitative estimate of drug-likeness (QED) is 0.795. The molecule has 3 fully saturated rings. The first-order valence-corrected chi connectivity index (χ1v) is 7.36. The molecule has 2 aliphatic carbocycles. The summed E-state index contributed by atoms with van der Waals surface area (Å²) in [5.41, 5.74) is -0.579. The zero-order chi connectivity index (χ0) is 13.2. The van der Waals surface area contributed by atoms with E-state index in [4.69, 9.17) is 27.9 Å². The van der Waals surface area contributed by atoms with Crippen molar-refractivity contribution >= 4 is 29.0 Å². The average molecular weight is 292 g/mol. The fourth-order valence-electron chi connectivity index (χ4n) is 4.31. The molecule has 0 aromatic rings. The van der Waals surface area contributed by atoms with Crippen LogP contribution in [0.1, 0.15) is 33.1 Å². The van der Waals surface area contributed by atoms with Gasteiger partial charge in [0.25, 0.3) is 0 Å². The minimum Gasteiger partial charge on any atom is -0.362 e. The van der Waals surface area contributed by atoms with Gasteiger partial charge in [0.2, 0.25) is 0 Å². The first-order chi connectivity index (χ1) is 8.32. The van der Waals surface area contributed by atoms with E-state index in [2.05, 4.69) is 19.2 Å². The number of carbonyl (C=O) groups is 1. The third kappa shape index (κ3) is 1.42. The Labute approximate surface area is 118 Å². The van der Waals surface area contributed by atoms with E-state index in [0.29, 0.717) is 13.0 Å². The lowest BCUT2D eigenvalue weighted by atomic mass is 9.66. The largest absolute Gasteiger partial charge is 0.362 e. The molecule has 1 N–H and O–H groups in total. The number of hydrogen-bond donors (Lipinski definition) is 1. The Balaban J connectivity index is 1.95. The number of rotatable bonds is 2. The molecule has 1 saturated heterocycles. The number of ketones is 1. The van der Waals surface area contributed by atoms with Crippen LogP contribution in [0.2, 0.25) is 0 Å². The minimum atomic E-state index is -1.21. The number of nitrogens with one attached hydrogen (secondary N) is 1. The highest BCUT2D eigenvalue weighted by Gasteiger charge is 2.74. The number of ether oxygens (including phenoxy) is 1. The summed E-state index contributed by atoms with van der Waals surface area (Å²) in [5, 5.41) is 3.29. The van der Waals surface area contributed by atoms with E-state index in [1.807, 2.05) is 0 Å². The Hall–Kier alpha value is 0.170. The van der Waals surface area contributed by atoms with E-state index in [0.717, 1.165) is 19.4 Å². The predicted octanol–water partition coefficient (Wildman–Crippen LogP) is 2.50. The highest BCUT2D eigenvalue weighted by molar-refractivity contribution is 6.59. The minimum absolute atomic E-state index is 0.0110. The van der Waals surface area contributed by atoms with E-state index >= 15 is 0 Å². The molecule has 0 radical (unpaired) electrons. The van der Waals surface area contributed by atoms with Crippen LogP contribution >= 0.6 is 23.2 Å². The summed E-state index contributed by atoms with van der Waals surface area (Å²) in [4.78, 5) is 12.7. The summed E-state index contributed by atoms with van der Waals surface area (Å²) in [6.45, 7) is 5.82. The summed E-state index contributed by atoms with van der Waals surface area (Å²) < 4.78 is 4.41. The molecule has 0 aromatic carbocycles. The third-order valence-electron chi connectivity index (χ3n) is 5.47. The summed E-state index contributed by atoms with van der Waals surface area (Å²) >= 11 is 12.7. The number of alkyl halides is 2. The second-order valence-electron chi connectivity index (χ2n) is 6.36. The molecule has 2 saturated carbocycles. The van der Waals surface area contributed by atoms with Gasteiger partial charge in [0.1, 0.15) is 6.23 Å². The number of hydrogen-bond acceptors (Lipinski definition) is 3. The molecule has 1 heterocycles. The maximum Gasteiger partial charge on any atom is 0.179 e. The SMILES string of the molecule is CC1(C)C2CCC1(CC1NCCO1)C(=O)C2(Cl)Cl. The number of fused-ring (bicyclic) bond motifs is 2. The normalized spacial score (nSPS) is 44.8. The van der Waals surface area contributed by atoms with Crippen molar-refractivity contribution in [3.63, 3.8) is 0 Å². The van der Waals surface area contributed by atoms with E-state index in [1.165, 1.54) is 0 Å². The van der Waals surface area contributed by atoms with Crippen LogP contribution in [0, 0.1) is 16.7 Å². The lowest BCUT2D eigenvalue weighted by molar-refractivity contribution is -0.132. The molecule has 0 spiro atoms. The van der Waals surface area contributed by atoms with Gasteiger partial charge in [-0.3, -0.25) is 10.1 Å². The number of carbonyl (C=O) groups excluding carboxylic acids is 1. The molecule has 0 aromatic heterocycles. The summed E-state index contributed by atoms with van der Waals surface area (Å²) in [6.07, 6.45) is 2.47. The van der Waals surface area contributed by atoms with Crippen LogP contribution < -0.4 is 5.32 Å². The van der Waals surface area contributed by atoms with Crippen molar-refractivity contribution < 1.29 is 9.53 Å². The Bertz CT molecular complexity index is 390. The van der Waals surface area contributed by atoms with Crippen LogP contribution in [-0.2, 0) is 9.53 Å². The molecule has 18 heavy (non-hydrogen) atoms. The molecule has 3 nitrogen and oxygen atoms in total. The van der Waals surface area contributed by atoms with Gasteiger partial charge in [-0.2, -0.15) is 0 Å². The molecule has 3 rings (SSSR count). The van der Waals surface area contributed by atoms with Crippen molar-refractivity contribution in [2.24, 2.45) is 16.7 Å². The van der Waals surface area contributed by atoms with Crippen molar-refractivity contribution in [1.82, 2.24) is 5.32 Å². The Morgan fingerprint density at radius 2 is 2.17 bits per heavy atom. The fraction of sp³-hybridized carbons (Fsp3) is 0.923. The van der Waals surface area contributed by atoms with Crippen molar-refractivity contribution in [2.45, 2.75) is 43.7 Å². The highest BCUT2D eigenvalue weighted by atomic mass is 35.5. The molecule has 0 amide bonds. The number of Topliss-reactive ketones (excluding diaryl/α,β-unsaturated/α-hetero) is 1. The molecule has 3 aliphatic rings. The zero-order valence-electron chi connectivity index (χ0n) is 10.8. The van der Waals surface area contributed by atoms with Crippen LogP contribution in [0.4, 0.5) is 0 Å². The lowest BCUT2D eigenvalue weighted by Crippen LogP contribution is -2.44. The van der Waals surface area contributed by atoms with Crippen LogP contribution in [0.3, 0.4) is 0 Å². The number of halogens is 2. The van der Waals surface area contributed by atoms with E-state index in [1.54, 1.807) is 0 Å². The lowest BCUT2D eigenvalue weighted by Gasteiger charge is -2.37. The summed E-state index contributed by atoms with van der Waals surface area (Å²) in [6, 6.07) is 0. The van der Waals surface area contributed by atoms with Gasteiger partial charge in [-0.1, -0.05) is 37.0 Å². The van der Waals surface area contributed by atoms with Gasteiger partial charge in [-0.05, 0) is 18.3 Å². The molecular formula is C13H19Cl2NO2. The Morgan fingerprint density at radius 1 is 1.44 bits per heavy atom. The second kappa shape index (κ2) is 3.85. The van der Waals surface area contributed by atoms with E-state index in [9.17, 15) is 4.79 Å². The van der Waals surface area contributed by atoms with E-state index in [-0.39, 0.29) is 23.3 Å². The van der Waals surface area contributed by atoms with Gasteiger partial charge in [-0.15, -0.1) is 0 Å². The molecule has 1 aliphatic heterocycles. The van der Waals surface area contributed by atoms with Crippen LogP contribution in [0.25, 0.3) is 0 Å². The molecular weight excluding hydrogens is 273 g/mol. The first kappa shape index (κ1) is 13.2. The zero-order valence-corrected chi connectivity index (χ0v) is 12.3. The van der Waals surface area contributed by atoms with Gasteiger partial charge in [0.05, 0.1) is 6.61 Å². The maximum absolute atomic E-state index is 12.7. The predicted molar refractivity (Wildman–Crippen MR) is 70.7 cm³/mol. The second-order valence-corrected chi connectivity index (χ2v) is 7.75. The maximum atomic E-state index is 12.7. The summed E-state index contributed by atoms with van der Waals surface area (Å²) in [5.74, 6) is 0.0686. The van der Waals surface area contributed by atoms with Gasteiger partial charge >= 0.3 is 0 Å². The van der Waals surface area contributed by atoms with Gasteiger partial charge in [0, 0.05) is 24.3 Å². The Kier molecular flexibility index (Phi) is 2.81. The van der Waals surface area contributed by atoms with Crippen LogP contribution in [-0.4, -0.2) is 29.5 Å². The third-order valence-corrected chi connectivity index (χ3v) is 6.34. The van der Waals surface area contributed by atoms with Crippen molar-refractivity contribution in [3.8, 4) is 0 Å². The van der Waals surface area contributed by atoms with E-state index < -0.39 is 9.75 Å². The average Bonchev–Trinajstić information content (AvgIpc) is 2.87. The van der Waals surface area contributed by atoms with Crippen molar-refractivity contribution in [1.29, 1.82) is 0 Å². The van der Waals surface area contributed by atoms with Crippen LogP contribution in [0.15, 0.2) is 0 Å². The monoisotopic (exact) mass is 291 g/mol. The molecule has 3 atom stereocenters. The topological polar surface area (TPSA) is 38.3 Å². The van der Waals surface area contributed by atoms with Crippen molar-refractivity contribution in [3.05, 3.63) is 0 Å². The van der Waals surface area contributed by atoms with Crippen molar-refractivity contribution in [2.75, 3.05) is 13.2 Å². The van der Waals surface area contributed by atoms with Gasteiger partial charge in [-0.25, -0.2) is 0 Å². The van der Waals surface area contributed by atoms with Crippen LogP contribution in [0.5, 0.6) is 0 Å². The smallest absolute Gasteiger partial charge is 0.179 e.